The SMILES string of the molecule is Cc1cc(NC(=O)C(C)N2CCN(S(=O)(=O)c3ccc(C4CCCCC4)cc3)CC2)on1. The predicted molar refractivity (Wildman–Crippen MR) is 122 cm³/mol. The van der Waals surface area contributed by atoms with Crippen LogP contribution in [0.25, 0.3) is 0 Å². The molecule has 1 aliphatic carbocycles. The van der Waals surface area contributed by atoms with Crippen molar-refractivity contribution in [1.29, 1.82) is 0 Å². The molecular weight excluding hydrogens is 428 g/mol. The van der Waals surface area contributed by atoms with Gasteiger partial charge in [0.25, 0.3) is 0 Å². The summed E-state index contributed by atoms with van der Waals surface area (Å²) in [6.45, 7) is 5.28. The first-order valence-corrected chi connectivity index (χ1v) is 12.9. The van der Waals surface area contributed by atoms with Crippen LogP contribution < -0.4 is 5.32 Å². The minimum absolute atomic E-state index is 0.198. The molecule has 1 N–H and O–H groups in total. The first-order valence-electron chi connectivity index (χ1n) is 11.4. The van der Waals surface area contributed by atoms with Crippen LogP contribution in [0.5, 0.6) is 0 Å². The van der Waals surface area contributed by atoms with E-state index in [-0.39, 0.29) is 5.91 Å². The number of aromatic nitrogens is 1. The molecule has 174 valence electrons. The van der Waals surface area contributed by atoms with Gasteiger partial charge in [0, 0.05) is 32.2 Å². The van der Waals surface area contributed by atoms with Crippen LogP contribution in [0.15, 0.2) is 39.8 Å². The van der Waals surface area contributed by atoms with Gasteiger partial charge in [0.15, 0.2) is 0 Å². The summed E-state index contributed by atoms with van der Waals surface area (Å²) in [6.07, 6.45) is 6.19. The molecule has 4 rings (SSSR count). The van der Waals surface area contributed by atoms with Crippen molar-refractivity contribution in [2.45, 2.75) is 62.8 Å². The Balaban J connectivity index is 1.34. The van der Waals surface area contributed by atoms with Gasteiger partial charge in [0.2, 0.25) is 21.8 Å². The second-order valence-corrected chi connectivity index (χ2v) is 10.8. The molecule has 1 saturated carbocycles. The minimum Gasteiger partial charge on any atom is -0.338 e. The van der Waals surface area contributed by atoms with Crippen LogP contribution in [0.3, 0.4) is 0 Å². The van der Waals surface area contributed by atoms with Gasteiger partial charge in [-0.2, -0.15) is 4.31 Å². The Morgan fingerprint density at radius 1 is 1.09 bits per heavy atom. The first-order chi connectivity index (χ1) is 15.3. The molecule has 1 aromatic heterocycles. The number of benzene rings is 1. The normalized spacial score (nSPS) is 20.2. The molecule has 1 aliphatic heterocycles. The van der Waals surface area contributed by atoms with E-state index in [4.69, 9.17) is 4.52 Å². The Bertz CT molecular complexity index is 1020. The second kappa shape index (κ2) is 9.72. The summed E-state index contributed by atoms with van der Waals surface area (Å²) in [4.78, 5) is 14.8. The molecule has 2 aliphatic rings. The number of rotatable bonds is 6. The highest BCUT2D eigenvalue weighted by Crippen LogP contribution is 2.33. The van der Waals surface area contributed by atoms with E-state index in [0.29, 0.717) is 48.6 Å². The van der Waals surface area contributed by atoms with Gasteiger partial charge >= 0.3 is 0 Å². The molecule has 8 nitrogen and oxygen atoms in total. The maximum absolute atomic E-state index is 13.1. The third-order valence-corrected chi connectivity index (χ3v) is 8.58. The van der Waals surface area contributed by atoms with Crippen molar-refractivity contribution < 1.29 is 17.7 Å². The zero-order valence-corrected chi connectivity index (χ0v) is 19.6. The lowest BCUT2D eigenvalue weighted by molar-refractivity contribution is -0.121. The zero-order chi connectivity index (χ0) is 22.7. The molecule has 1 saturated heterocycles. The van der Waals surface area contributed by atoms with Crippen LogP contribution in [-0.2, 0) is 14.8 Å². The topological polar surface area (TPSA) is 95.8 Å². The number of sulfonamides is 1. The molecule has 32 heavy (non-hydrogen) atoms. The van der Waals surface area contributed by atoms with Crippen LogP contribution >= 0.6 is 0 Å². The molecule has 1 atom stereocenters. The van der Waals surface area contributed by atoms with E-state index in [9.17, 15) is 13.2 Å². The molecule has 0 spiro atoms. The molecule has 2 fully saturated rings. The van der Waals surface area contributed by atoms with E-state index in [2.05, 4.69) is 10.5 Å². The van der Waals surface area contributed by atoms with Gasteiger partial charge in [-0.05, 0) is 50.3 Å². The maximum Gasteiger partial charge on any atom is 0.243 e. The van der Waals surface area contributed by atoms with Crippen molar-refractivity contribution in [2.24, 2.45) is 0 Å². The summed E-state index contributed by atoms with van der Waals surface area (Å²) in [7, 11) is -3.54. The largest absolute Gasteiger partial charge is 0.338 e. The number of nitrogens with one attached hydrogen (secondary N) is 1. The van der Waals surface area contributed by atoms with Crippen molar-refractivity contribution in [3.63, 3.8) is 0 Å². The van der Waals surface area contributed by atoms with Gasteiger partial charge in [-0.1, -0.05) is 36.6 Å². The number of piperazine rings is 1. The van der Waals surface area contributed by atoms with Crippen LogP contribution in [0, 0.1) is 6.92 Å². The van der Waals surface area contributed by atoms with Gasteiger partial charge in [-0.15, -0.1) is 0 Å². The van der Waals surface area contributed by atoms with E-state index in [1.807, 2.05) is 24.0 Å². The highest BCUT2D eigenvalue weighted by molar-refractivity contribution is 7.89. The van der Waals surface area contributed by atoms with Gasteiger partial charge in [0.1, 0.15) is 0 Å². The summed E-state index contributed by atoms with van der Waals surface area (Å²) in [6, 6.07) is 8.73. The molecular formula is C23H32N4O4S. The number of nitrogens with zero attached hydrogens (tertiary/aromatic N) is 3. The Kier molecular flexibility index (Phi) is 6.97. The Morgan fingerprint density at radius 3 is 2.34 bits per heavy atom. The first kappa shape index (κ1) is 22.9. The van der Waals surface area contributed by atoms with E-state index < -0.39 is 16.1 Å². The van der Waals surface area contributed by atoms with Crippen molar-refractivity contribution >= 4 is 21.8 Å². The average molecular weight is 461 g/mol. The highest BCUT2D eigenvalue weighted by Gasteiger charge is 2.32. The van der Waals surface area contributed by atoms with Crippen molar-refractivity contribution in [1.82, 2.24) is 14.4 Å². The van der Waals surface area contributed by atoms with E-state index in [0.717, 1.165) is 0 Å². The average Bonchev–Trinajstić information content (AvgIpc) is 3.23. The number of hydrogen-bond acceptors (Lipinski definition) is 6. The van der Waals surface area contributed by atoms with Crippen LogP contribution in [0.1, 0.15) is 56.2 Å². The Hall–Kier alpha value is -2.23. The molecule has 2 aromatic rings. The number of amides is 1. The fourth-order valence-electron chi connectivity index (χ4n) is 4.64. The van der Waals surface area contributed by atoms with Crippen LogP contribution in [-0.4, -0.2) is 60.9 Å². The summed E-state index contributed by atoms with van der Waals surface area (Å²) < 4.78 is 32.8. The van der Waals surface area contributed by atoms with Gasteiger partial charge in [-0.25, -0.2) is 8.42 Å². The van der Waals surface area contributed by atoms with Crippen LogP contribution in [0.2, 0.25) is 0 Å². The van der Waals surface area contributed by atoms with Gasteiger partial charge < -0.3 is 4.52 Å². The molecule has 1 aromatic carbocycles. The molecule has 0 radical (unpaired) electrons. The number of carbonyl (C=O) groups is 1. The van der Waals surface area contributed by atoms with E-state index >= 15 is 0 Å². The molecule has 1 amide bonds. The fourth-order valence-corrected chi connectivity index (χ4v) is 6.06. The van der Waals surface area contributed by atoms with E-state index in [1.54, 1.807) is 25.1 Å². The Morgan fingerprint density at radius 2 is 1.75 bits per heavy atom. The summed E-state index contributed by atoms with van der Waals surface area (Å²) in [5, 5.41) is 6.48. The van der Waals surface area contributed by atoms with E-state index in [1.165, 1.54) is 42.0 Å². The fraction of sp³-hybridized carbons (Fsp3) is 0.565. The summed E-state index contributed by atoms with van der Waals surface area (Å²) >= 11 is 0. The van der Waals surface area contributed by atoms with Crippen molar-refractivity contribution in [3.8, 4) is 0 Å². The predicted octanol–water partition coefficient (Wildman–Crippen LogP) is 3.36. The summed E-state index contributed by atoms with van der Waals surface area (Å²) in [5.74, 6) is 0.672. The number of carbonyl (C=O) groups excluding carboxylic acids is 1. The van der Waals surface area contributed by atoms with Crippen LogP contribution in [0.4, 0.5) is 5.88 Å². The van der Waals surface area contributed by atoms with Gasteiger partial charge in [-0.3, -0.25) is 15.0 Å². The maximum atomic E-state index is 13.1. The standard InChI is InChI=1S/C23H32N4O4S/c1-17-16-22(31-25-17)24-23(28)18(2)26-12-14-27(15-13-26)32(29,30)21-10-8-20(9-11-21)19-6-4-3-5-7-19/h8-11,16,18-19H,3-7,12-15H2,1-2H3,(H,24,28). The summed E-state index contributed by atoms with van der Waals surface area (Å²) in [5.41, 5.74) is 1.94. The third-order valence-electron chi connectivity index (χ3n) is 6.67. The number of hydrogen-bond donors (Lipinski definition) is 1. The highest BCUT2D eigenvalue weighted by atomic mass is 32.2. The van der Waals surface area contributed by atoms with Crippen molar-refractivity contribution in [2.75, 3.05) is 31.5 Å². The number of aryl methyl sites for hydroxylation is 1. The Labute approximate surface area is 190 Å². The smallest absolute Gasteiger partial charge is 0.243 e. The second-order valence-electron chi connectivity index (χ2n) is 8.84. The minimum atomic E-state index is -3.54. The lowest BCUT2D eigenvalue weighted by Crippen LogP contribution is -2.53. The lowest BCUT2D eigenvalue weighted by atomic mass is 9.84. The van der Waals surface area contributed by atoms with Gasteiger partial charge in [0.05, 0.1) is 16.6 Å². The van der Waals surface area contributed by atoms with Crippen molar-refractivity contribution in [3.05, 3.63) is 41.6 Å². The molecule has 1 unspecified atom stereocenters. The quantitative estimate of drug-likeness (QED) is 0.710. The number of anilines is 1. The molecule has 0 bridgehead atoms. The molecule has 9 heteroatoms. The molecule has 2 heterocycles. The zero-order valence-electron chi connectivity index (χ0n) is 18.8. The third kappa shape index (κ3) is 5.05. The monoisotopic (exact) mass is 460 g/mol. The lowest BCUT2D eigenvalue weighted by Gasteiger charge is -2.36.